The highest BCUT2D eigenvalue weighted by Gasteiger charge is 2.21. The first kappa shape index (κ1) is 13.6. The molecule has 1 aromatic carbocycles. The Hall–Kier alpha value is -2.41. The molecule has 0 fully saturated rings. The van der Waals surface area contributed by atoms with E-state index in [1.165, 1.54) is 17.4 Å². The van der Waals surface area contributed by atoms with Gasteiger partial charge in [-0.05, 0) is 12.1 Å². The third kappa shape index (κ3) is 2.36. The van der Waals surface area contributed by atoms with E-state index in [0.29, 0.717) is 21.9 Å². The number of hydrogen-bond acceptors (Lipinski definition) is 5. The molecule has 0 saturated heterocycles. The molecule has 0 aliphatic heterocycles. The Labute approximate surface area is 122 Å². The number of halogens is 2. The molecular formula is C14H10F2N2O2S. The molecule has 2 aromatic heterocycles. The zero-order valence-electron chi connectivity index (χ0n) is 10.9. The average Bonchev–Trinajstić information content (AvgIpc) is 3.06. The molecule has 0 unspecified atom stereocenters. The van der Waals surface area contributed by atoms with E-state index in [1.807, 2.05) is 0 Å². The van der Waals surface area contributed by atoms with Gasteiger partial charge >= 0.3 is 0 Å². The van der Waals surface area contributed by atoms with Crippen LogP contribution in [-0.2, 0) is 0 Å². The number of ether oxygens (including phenoxy) is 1. The van der Waals surface area contributed by atoms with Crippen molar-refractivity contribution in [2.24, 2.45) is 0 Å². The molecule has 0 aliphatic rings. The topological polar surface area (TPSA) is 61.3 Å². The standard InChI is InChI=1S/C14H10F2N2O2S/c1-19-8-5-11(21-6-8)13-12(14(17)20-18-13)9-3-2-7(15)4-10(9)16/h2-6H,17H2,1H3. The summed E-state index contributed by atoms with van der Waals surface area (Å²) in [6.07, 6.45) is 0. The fourth-order valence-electron chi connectivity index (χ4n) is 1.97. The zero-order valence-corrected chi connectivity index (χ0v) is 11.7. The average molecular weight is 308 g/mol. The molecule has 4 nitrogen and oxygen atoms in total. The van der Waals surface area contributed by atoms with Crippen molar-refractivity contribution in [3.63, 3.8) is 0 Å². The summed E-state index contributed by atoms with van der Waals surface area (Å²) in [5, 5.41) is 5.65. The molecule has 2 heterocycles. The monoisotopic (exact) mass is 308 g/mol. The Balaban J connectivity index is 2.17. The fraction of sp³-hybridized carbons (Fsp3) is 0.0714. The van der Waals surface area contributed by atoms with Crippen LogP contribution in [0, 0.1) is 11.6 Å². The van der Waals surface area contributed by atoms with Gasteiger partial charge in [0.05, 0.1) is 17.6 Å². The zero-order chi connectivity index (χ0) is 15.0. The summed E-state index contributed by atoms with van der Waals surface area (Å²) < 4.78 is 37.1. The van der Waals surface area contributed by atoms with Crippen LogP contribution in [0.25, 0.3) is 21.7 Å². The van der Waals surface area contributed by atoms with Gasteiger partial charge in [-0.15, -0.1) is 11.3 Å². The normalized spacial score (nSPS) is 10.8. The van der Waals surface area contributed by atoms with Gasteiger partial charge in [-0.25, -0.2) is 8.78 Å². The second-order valence-electron chi connectivity index (χ2n) is 4.25. The highest BCUT2D eigenvalue weighted by Crippen LogP contribution is 2.40. The Morgan fingerprint density at radius 2 is 2.10 bits per heavy atom. The predicted molar refractivity (Wildman–Crippen MR) is 76.1 cm³/mol. The summed E-state index contributed by atoms with van der Waals surface area (Å²) in [7, 11) is 1.55. The SMILES string of the molecule is COc1csc(-c2noc(N)c2-c2ccc(F)cc2F)c1. The summed E-state index contributed by atoms with van der Waals surface area (Å²) in [5.41, 5.74) is 6.57. The van der Waals surface area contributed by atoms with Gasteiger partial charge in [0.1, 0.15) is 23.1 Å². The molecule has 0 aliphatic carbocycles. The molecule has 0 radical (unpaired) electrons. The van der Waals surface area contributed by atoms with Crippen LogP contribution in [0.3, 0.4) is 0 Å². The lowest BCUT2D eigenvalue weighted by Gasteiger charge is -2.03. The van der Waals surface area contributed by atoms with Crippen LogP contribution in [0.2, 0.25) is 0 Å². The Morgan fingerprint density at radius 1 is 1.29 bits per heavy atom. The van der Waals surface area contributed by atoms with Gasteiger partial charge in [-0.1, -0.05) is 5.16 Å². The van der Waals surface area contributed by atoms with Crippen molar-refractivity contribution in [1.82, 2.24) is 5.16 Å². The molecule has 0 spiro atoms. The summed E-state index contributed by atoms with van der Waals surface area (Å²) >= 11 is 1.36. The van der Waals surface area contributed by atoms with Crippen LogP contribution in [0.4, 0.5) is 14.7 Å². The predicted octanol–water partition coefficient (Wildman–Crippen LogP) is 3.94. The van der Waals surface area contributed by atoms with Crippen LogP contribution < -0.4 is 10.5 Å². The van der Waals surface area contributed by atoms with Gasteiger partial charge in [0, 0.05) is 23.1 Å². The smallest absolute Gasteiger partial charge is 0.230 e. The van der Waals surface area contributed by atoms with Gasteiger partial charge in [-0.3, -0.25) is 0 Å². The van der Waals surface area contributed by atoms with Gasteiger partial charge in [0.25, 0.3) is 0 Å². The number of thiophene rings is 1. The van der Waals surface area contributed by atoms with Crippen molar-refractivity contribution in [1.29, 1.82) is 0 Å². The first-order valence-electron chi connectivity index (χ1n) is 5.93. The number of benzene rings is 1. The van der Waals surface area contributed by atoms with Crippen molar-refractivity contribution < 1.29 is 18.0 Å². The van der Waals surface area contributed by atoms with E-state index in [9.17, 15) is 8.78 Å². The molecule has 2 N–H and O–H groups in total. The fourth-order valence-corrected chi connectivity index (χ4v) is 2.82. The largest absolute Gasteiger partial charge is 0.496 e. The highest BCUT2D eigenvalue weighted by atomic mass is 32.1. The van der Waals surface area contributed by atoms with Crippen molar-refractivity contribution in [2.75, 3.05) is 12.8 Å². The maximum Gasteiger partial charge on any atom is 0.230 e. The maximum absolute atomic E-state index is 14.0. The molecule has 21 heavy (non-hydrogen) atoms. The molecular weight excluding hydrogens is 298 g/mol. The van der Waals surface area contributed by atoms with Crippen LogP contribution in [-0.4, -0.2) is 12.3 Å². The Morgan fingerprint density at radius 3 is 2.76 bits per heavy atom. The number of rotatable bonds is 3. The number of methoxy groups -OCH3 is 1. The minimum Gasteiger partial charge on any atom is -0.496 e. The molecule has 7 heteroatoms. The van der Waals surface area contributed by atoms with Crippen LogP contribution in [0.1, 0.15) is 0 Å². The summed E-state index contributed by atoms with van der Waals surface area (Å²) in [6.45, 7) is 0. The van der Waals surface area contributed by atoms with Gasteiger partial charge in [0.2, 0.25) is 5.88 Å². The quantitative estimate of drug-likeness (QED) is 0.796. The van der Waals surface area contributed by atoms with Crippen molar-refractivity contribution >= 4 is 17.2 Å². The van der Waals surface area contributed by atoms with Crippen molar-refractivity contribution in [2.45, 2.75) is 0 Å². The minimum absolute atomic E-state index is 0.0251. The lowest BCUT2D eigenvalue weighted by Crippen LogP contribution is -1.91. The van der Waals surface area contributed by atoms with Gasteiger partial charge < -0.3 is 15.0 Å². The van der Waals surface area contributed by atoms with E-state index in [2.05, 4.69) is 5.16 Å². The third-order valence-corrected chi connectivity index (χ3v) is 3.88. The number of hydrogen-bond donors (Lipinski definition) is 1. The van der Waals surface area contributed by atoms with E-state index in [1.54, 1.807) is 18.6 Å². The first-order valence-corrected chi connectivity index (χ1v) is 6.81. The second-order valence-corrected chi connectivity index (χ2v) is 5.16. The number of nitrogen functional groups attached to an aromatic ring is 1. The lowest BCUT2D eigenvalue weighted by molar-refractivity contribution is 0.416. The molecule has 0 saturated carbocycles. The van der Waals surface area contributed by atoms with Crippen LogP contribution in [0.5, 0.6) is 5.75 Å². The molecule has 3 rings (SSSR count). The number of aromatic nitrogens is 1. The van der Waals surface area contributed by atoms with Crippen molar-refractivity contribution in [3.05, 3.63) is 41.3 Å². The van der Waals surface area contributed by atoms with Gasteiger partial charge in [-0.2, -0.15) is 0 Å². The van der Waals surface area contributed by atoms with E-state index >= 15 is 0 Å². The molecule has 0 amide bonds. The van der Waals surface area contributed by atoms with E-state index < -0.39 is 11.6 Å². The summed E-state index contributed by atoms with van der Waals surface area (Å²) in [4.78, 5) is 0.714. The van der Waals surface area contributed by atoms with E-state index in [4.69, 9.17) is 15.0 Å². The molecule has 3 aromatic rings. The maximum atomic E-state index is 14.0. The highest BCUT2D eigenvalue weighted by molar-refractivity contribution is 7.13. The summed E-state index contributed by atoms with van der Waals surface area (Å²) in [5.74, 6) is -0.759. The first-order chi connectivity index (χ1) is 10.1. The van der Waals surface area contributed by atoms with E-state index in [-0.39, 0.29) is 11.4 Å². The minimum atomic E-state index is -0.727. The van der Waals surface area contributed by atoms with Crippen LogP contribution >= 0.6 is 11.3 Å². The van der Waals surface area contributed by atoms with Crippen molar-refractivity contribution in [3.8, 4) is 27.4 Å². The number of anilines is 1. The second kappa shape index (κ2) is 5.17. The molecule has 0 bridgehead atoms. The lowest BCUT2D eigenvalue weighted by atomic mass is 10.0. The molecule has 108 valence electrons. The van der Waals surface area contributed by atoms with Crippen LogP contribution in [0.15, 0.2) is 34.2 Å². The molecule has 0 atom stereocenters. The Kier molecular flexibility index (Phi) is 3.34. The Bertz CT molecular complexity index is 798. The third-order valence-electron chi connectivity index (χ3n) is 2.96. The van der Waals surface area contributed by atoms with E-state index in [0.717, 1.165) is 12.1 Å². The number of nitrogens with two attached hydrogens (primary N) is 1. The number of nitrogens with zero attached hydrogens (tertiary/aromatic N) is 1. The summed E-state index contributed by atoms with van der Waals surface area (Å²) in [6, 6.07) is 5.00. The van der Waals surface area contributed by atoms with Gasteiger partial charge in [0.15, 0.2) is 0 Å².